The zero-order valence-corrected chi connectivity index (χ0v) is 12.4. The molecule has 0 aromatic carbocycles. The molecule has 116 valence electrons. The molecule has 0 amide bonds. The number of aromatic nitrogens is 3. The summed E-state index contributed by atoms with van der Waals surface area (Å²) in [6, 6.07) is -0.871. The van der Waals surface area contributed by atoms with E-state index < -0.39 is 23.8 Å². The Morgan fingerprint density at radius 3 is 2.86 bits per heavy atom. The van der Waals surface area contributed by atoms with Gasteiger partial charge in [0.05, 0.1) is 18.2 Å². The highest BCUT2D eigenvalue weighted by Gasteiger charge is 2.27. The van der Waals surface area contributed by atoms with E-state index in [-0.39, 0.29) is 11.5 Å². The highest BCUT2D eigenvalue weighted by molar-refractivity contribution is 7.98. The number of aliphatic hydroxyl groups is 2. The molecule has 0 fully saturated rings. The molecule has 8 N–H and O–H groups in total. The van der Waals surface area contributed by atoms with E-state index in [9.17, 15) is 15.0 Å². The standard InChI is InChI=1S/C12H19N5O3S/c1-21-3-2-6(18)10(19)7(13)5-4-15-9-8(5)16-12(14)17-11(9)20/h4,6-7,10,15,18-19H,2-3,13H2,1H3,(H3,14,16,17,20). The van der Waals surface area contributed by atoms with Gasteiger partial charge in [-0.2, -0.15) is 11.8 Å². The topological polar surface area (TPSA) is 154 Å². The monoisotopic (exact) mass is 313 g/mol. The molecule has 2 heterocycles. The number of nitrogens with one attached hydrogen (secondary N) is 2. The second-order valence-electron chi connectivity index (χ2n) is 4.78. The van der Waals surface area contributed by atoms with Crippen molar-refractivity contribution in [1.29, 1.82) is 0 Å². The zero-order valence-electron chi connectivity index (χ0n) is 11.5. The van der Waals surface area contributed by atoms with Gasteiger partial charge in [-0.3, -0.25) is 9.78 Å². The van der Waals surface area contributed by atoms with Gasteiger partial charge < -0.3 is 26.7 Å². The Labute approximate surface area is 125 Å². The maximum atomic E-state index is 11.7. The van der Waals surface area contributed by atoms with Crippen molar-refractivity contribution in [2.45, 2.75) is 24.7 Å². The first-order valence-electron chi connectivity index (χ1n) is 6.43. The Kier molecular flexibility index (Phi) is 4.88. The molecule has 0 radical (unpaired) electrons. The summed E-state index contributed by atoms with van der Waals surface area (Å²) in [7, 11) is 0. The summed E-state index contributed by atoms with van der Waals surface area (Å²) in [6.07, 6.45) is 1.74. The van der Waals surface area contributed by atoms with Crippen LogP contribution in [0.1, 0.15) is 18.0 Å². The molecule has 2 aromatic heterocycles. The summed E-state index contributed by atoms with van der Waals surface area (Å²) < 4.78 is 0. The Morgan fingerprint density at radius 1 is 1.48 bits per heavy atom. The van der Waals surface area contributed by atoms with E-state index in [4.69, 9.17) is 11.5 Å². The average Bonchev–Trinajstić information content (AvgIpc) is 2.87. The van der Waals surface area contributed by atoms with Crippen LogP contribution in [0.3, 0.4) is 0 Å². The molecule has 0 saturated heterocycles. The minimum Gasteiger partial charge on any atom is -0.390 e. The molecule has 3 atom stereocenters. The summed E-state index contributed by atoms with van der Waals surface area (Å²) in [6.45, 7) is 0. The van der Waals surface area contributed by atoms with Crippen molar-refractivity contribution in [3.05, 3.63) is 22.1 Å². The first kappa shape index (κ1) is 15.8. The van der Waals surface area contributed by atoms with Crippen molar-refractivity contribution in [2.75, 3.05) is 17.7 Å². The van der Waals surface area contributed by atoms with Gasteiger partial charge in [0, 0.05) is 11.8 Å². The van der Waals surface area contributed by atoms with Crippen LogP contribution in [-0.4, -0.2) is 49.4 Å². The summed E-state index contributed by atoms with van der Waals surface area (Å²) in [5.74, 6) is 0.682. The Balaban J connectivity index is 2.31. The lowest BCUT2D eigenvalue weighted by Gasteiger charge is -2.23. The molecule has 21 heavy (non-hydrogen) atoms. The van der Waals surface area contributed by atoms with Crippen LogP contribution in [0.4, 0.5) is 5.95 Å². The lowest BCUT2D eigenvalue weighted by molar-refractivity contribution is 0.00277. The van der Waals surface area contributed by atoms with E-state index in [1.54, 1.807) is 11.8 Å². The SMILES string of the molecule is CSCCC(O)C(O)C(N)c1c[nH]c2c(=O)[nH]c(N)nc12. The van der Waals surface area contributed by atoms with Crippen LogP contribution in [0.15, 0.2) is 11.0 Å². The summed E-state index contributed by atoms with van der Waals surface area (Å²) in [5, 5.41) is 20.1. The fourth-order valence-electron chi connectivity index (χ4n) is 2.14. The predicted molar refractivity (Wildman–Crippen MR) is 83.1 cm³/mol. The van der Waals surface area contributed by atoms with Gasteiger partial charge in [0.15, 0.2) is 0 Å². The van der Waals surface area contributed by atoms with Crippen LogP contribution in [0.2, 0.25) is 0 Å². The maximum Gasteiger partial charge on any atom is 0.276 e. The Hall–Kier alpha value is -1.55. The second kappa shape index (κ2) is 6.48. The molecule has 8 nitrogen and oxygen atoms in total. The van der Waals surface area contributed by atoms with Crippen LogP contribution < -0.4 is 17.0 Å². The number of fused-ring (bicyclic) bond motifs is 1. The highest BCUT2D eigenvalue weighted by atomic mass is 32.2. The fourth-order valence-corrected chi connectivity index (χ4v) is 2.62. The highest BCUT2D eigenvalue weighted by Crippen LogP contribution is 2.24. The Morgan fingerprint density at radius 2 is 2.19 bits per heavy atom. The zero-order chi connectivity index (χ0) is 15.6. The van der Waals surface area contributed by atoms with Gasteiger partial charge >= 0.3 is 0 Å². The number of nitrogens with zero attached hydrogens (tertiary/aromatic N) is 1. The molecule has 2 aromatic rings. The lowest BCUT2D eigenvalue weighted by atomic mass is 9.98. The third-order valence-electron chi connectivity index (χ3n) is 3.32. The summed E-state index contributed by atoms with van der Waals surface area (Å²) in [4.78, 5) is 20.9. The molecule has 2 rings (SSSR count). The maximum absolute atomic E-state index is 11.7. The number of anilines is 1. The molecular weight excluding hydrogens is 294 g/mol. The van der Waals surface area contributed by atoms with Gasteiger partial charge in [0.25, 0.3) is 5.56 Å². The normalized spacial score (nSPS) is 16.0. The summed E-state index contributed by atoms with van der Waals surface area (Å²) in [5.41, 5.74) is 12.1. The molecule has 0 aliphatic carbocycles. The van der Waals surface area contributed by atoms with Crippen LogP contribution in [0.5, 0.6) is 0 Å². The van der Waals surface area contributed by atoms with Crippen molar-refractivity contribution in [3.63, 3.8) is 0 Å². The first-order valence-corrected chi connectivity index (χ1v) is 7.82. The quantitative estimate of drug-likeness (QED) is 0.412. The van der Waals surface area contributed by atoms with Gasteiger partial charge in [0.1, 0.15) is 11.0 Å². The fraction of sp³-hybridized carbons (Fsp3) is 0.500. The molecule has 3 unspecified atom stereocenters. The van der Waals surface area contributed by atoms with E-state index in [0.29, 0.717) is 23.3 Å². The second-order valence-corrected chi connectivity index (χ2v) is 5.77. The van der Waals surface area contributed by atoms with Crippen molar-refractivity contribution in [2.24, 2.45) is 5.73 Å². The number of aliphatic hydroxyl groups excluding tert-OH is 2. The predicted octanol–water partition coefficient (Wildman–Crippen LogP) is -0.692. The van der Waals surface area contributed by atoms with Crippen LogP contribution >= 0.6 is 11.8 Å². The van der Waals surface area contributed by atoms with E-state index in [1.165, 1.54) is 6.20 Å². The number of rotatable bonds is 6. The number of hydrogen-bond acceptors (Lipinski definition) is 7. The van der Waals surface area contributed by atoms with Crippen LogP contribution in [0, 0.1) is 0 Å². The number of thioether (sulfide) groups is 1. The van der Waals surface area contributed by atoms with Gasteiger partial charge in [-0.15, -0.1) is 0 Å². The number of H-pyrrole nitrogens is 2. The summed E-state index contributed by atoms with van der Waals surface area (Å²) >= 11 is 1.57. The van der Waals surface area contributed by atoms with Crippen molar-refractivity contribution in [3.8, 4) is 0 Å². The van der Waals surface area contributed by atoms with Gasteiger partial charge in [-0.05, 0) is 18.4 Å². The van der Waals surface area contributed by atoms with Crippen molar-refractivity contribution >= 4 is 28.7 Å². The van der Waals surface area contributed by atoms with Crippen LogP contribution in [0.25, 0.3) is 11.0 Å². The molecule has 9 heteroatoms. The molecule has 0 saturated carbocycles. The van der Waals surface area contributed by atoms with Crippen LogP contribution in [-0.2, 0) is 0 Å². The molecule has 0 bridgehead atoms. The van der Waals surface area contributed by atoms with Gasteiger partial charge in [0.2, 0.25) is 5.95 Å². The average molecular weight is 313 g/mol. The molecule has 0 spiro atoms. The van der Waals surface area contributed by atoms with Crippen molar-refractivity contribution < 1.29 is 10.2 Å². The van der Waals surface area contributed by atoms with Gasteiger partial charge in [-0.1, -0.05) is 0 Å². The Bertz CT molecular complexity index is 670. The first-order chi connectivity index (χ1) is 9.95. The van der Waals surface area contributed by atoms with Crippen molar-refractivity contribution in [1.82, 2.24) is 15.0 Å². The minimum atomic E-state index is -1.15. The number of aromatic amines is 2. The third-order valence-corrected chi connectivity index (χ3v) is 3.97. The lowest BCUT2D eigenvalue weighted by Crippen LogP contribution is -2.37. The van der Waals surface area contributed by atoms with E-state index in [1.807, 2.05) is 6.26 Å². The largest absolute Gasteiger partial charge is 0.390 e. The third kappa shape index (κ3) is 3.21. The number of nitrogen functional groups attached to an aromatic ring is 1. The van der Waals surface area contributed by atoms with E-state index in [2.05, 4.69) is 15.0 Å². The van der Waals surface area contributed by atoms with E-state index >= 15 is 0 Å². The number of hydrogen-bond donors (Lipinski definition) is 6. The smallest absolute Gasteiger partial charge is 0.276 e. The molecule has 0 aliphatic heterocycles. The molecular formula is C12H19N5O3S. The minimum absolute atomic E-state index is 0.0297. The van der Waals surface area contributed by atoms with E-state index in [0.717, 1.165) is 0 Å². The molecule has 0 aliphatic rings. The van der Waals surface area contributed by atoms with Gasteiger partial charge in [-0.25, -0.2) is 4.98 Å². The number of nitrogens with two attached hydrogens (primary N) is 2.